The minimum atomic E-state index is -0.192. The van der Waals surface area contributed by atoms with Crippen molar-refractivity contribution in [1.82, 2.24) is 10.1 Å². The maximum absolute atomic E-state index is 6.89. The zero-order valence-electron chi connectivity index (χ0n) is 40.5. The summed E-state index contributed by atoms with van der Waals surface area (Å²) in [5.41, 5.74) is 14.6. The molecule has 4 heteroatoms. The minimum absolute atomic E-state index is 0.111. The van der Waals surface area contributed by atoms with Crippen LogP contribution >= 0.6 is 0 Å². The Labute approximate surface area is 380 Å². The molecule has 0 saturated heterocycles. The van der Waals surface area contributed by atoms with Gasteiger partial charge in [0.2, 0.25) is 0 Å². The number of hydroxylamine groups is 4. The van der Waals surface area contributed by atoms with Gasteiger partial charge in [0.1, 0.15) is 12.2 Å². The van der Waals surface area contributed by atoms with Crippen LogP contribution in [0.5, 0.6) is 0 Å². The summed E-state index contributed by atoms with van der Waals surface area (Å²) in [4.78, 5) is 13.8. The van der Waals surface area contributed by atoms with E-state index < -0.39 is 0 Å². The van der Waals surface area contributed by atoms with Crippen molar-refractivity contribution < 1.29 is 9.68 Å². The molecule has 330 valence electrons. The standard InChI is InChI=1S/C59H72N2O2/c1-39(2)55(47-21-17-15-18-22-47)60(57(7,8)9)62-41(5)43-25-29-45(30-26-43)49-33-35-51-52-36-34-50(38-54(52)59(13,14)53(51)37-49)46-31-27-44(28-32-46)42(6)63-61(58(10,11)12)56(40(3)4)48-23-19-16-20-24-48/h15-42,55-56H,1-14H3. The van der Waals surface area contributed by atoms with Crippen LogP contribution in [-0.2, 0) is 15.1 Å². The molecule has 0 aliphatic heterocycles. The van der Waals surface area contributed by atoms with Crippen LogP contribution in [0.3, 0.4) is 0 Å². The maximum Gasteiger partial charge on any atom is 0.102 e. The third kappa shape index (κ3) is 9.81. The monoisotopic (exact) mass is 841 g/mol. The van der Waals surface area contributed by atoms with Crippen molar-refractivity contribution in [3.05, 3.63) is 179 Å². The van der Waals surface area contributed by atoms with Crippen LogP contribution in [0.25, 0.3) is 33.4 Å². The lowest BCUT2D eigenvalue weighted by Gasteiger charge is -2.44. The number of rotatable bonds is 14. The van der Waals surface area contributed by atoms with E-state index in [4.69, 9.17) is 9.68 Å². The summed E-state index contributed by atoms with van der Waals surface area (Å²) in [6.45, 7) is 31.6. The van der Waals surface area contributed by atoms with Gasteiger partial charge in [-0.25, -0.2) is 0 Å². The summed E-state index contributed by atoms with van der Waals surface area (Å²) < 4.78 is 0. The molecule has 0 spiro atoms. The van der Waals surface area contributed by atoms with Gasteiger partial charge >= 0.3 is 0 Å². The lowest BCUT2D eigenvalue weighted by Crippen LogP contribution is -2.46. The summed E-state index contributed by atoms with van der Waals surface area (Å²) in [6.07, 6.45) is -0.222. The van der Waals surface area contributed by atoms with Crippen molar-refractivity contribution in [3.63, 3.8) is 0 Å². The van der Waals surface area contributed by atoms with E-state index in [-0.39, 0.29) is 40.8 Å². The van der Waals surface area contributed by atoms with E-state index in [1.807, 2.05) is 0 Å². The average molecular weight is 841 g/mol. The van der Waals surface area contributed by atoms with Crippen molar-refractivity contribution in [2.45, 2.75) is 138 Å². The van der Waals surface area contributed by atoms with Gasteiger partial charge in [-0.1, -0.05) is 175 Å². The number of benzene rings is 6. The molecule has 0 N–H and O–H groups in total. The van der Waals surface area contributed by atoms with E-state index in [0.717, 1.165) is 11.1 Å². The fourth-order valence-corrected chi connectivity index (χ4v) is 9.62. The zero-order chi connectivity index (χ0) is 45.4. The molecule has 63 heavy (non-hydrogen) atoms. The van der Waals surface area contributed by atoms with E-state index >= 15 is 0 Å². The molecule has 4 atom stereocenters. The molecule has 0 aromatic heterocycles. The van der Waals surface area contributed by atoms with Gasteiger partial charge in [-0.3, -0.25) is 9.68 Å². The molecular formula is C59H72N2O2. The zero-order valence-corrected chi connectivity index (χ0v) is 40.5. The van der Waals surface area contributed by atoms with Crippen LogP contribution in [0.4, 0.5) is 0 Å². The van der Waals surface area contributed by atoms with Crippen LogP contribution < -0.4 is 0 Å². The second kappa shape index (κ2) is 18.3. The SMILES string of the molecule is CC(ON(C(c1ccccc1)C(C)C)C(C)(C)C)c1ccc(-c2ccc3c(c2)C(C)(C)c2cc(-c4ccc(C(C)ON(C(c5ccccc5)C(C)C)C(C)(C)C)cc4)ccc2-3)cc1. The molecule has 0 heterocycles. The first-order valence-corrected chi connectivity index (χ1v) is 23.3. The second-order valence-corrected chi connectivity index (χ2v) is 21.1. The number of hydrogen-bond acceptors (Lipinski definition) is 4. The van der Waals surface area contributed by atoms with E-state index in [9.17, 15) is 0 Å². The van der Waals surface area contributed by atoms with Gasteiger partial charge < -0.3 is 0 Å². The molecule has 0 amide bonds. The summed E-state index contributed by atoms with van der Waals surface area (Å²) in [6, 6.07) is 53.8. The van der Waals surface area contributed by atoms with Gasteiger partial charge in [0.15, 0.2) is 0 Å². The predicted octanol–water partition coefficient (Wildman–Crippen LogP) is 16.3. The molecule has 6 aromatic rings. The first-order valence-electron chi connectivity index (χ1n) is 23.3. The first kappa shape index (κ1) is 46.2. The Morgan fingerprint density at radius 1 is 0.397 bits per heavy atom. The van der Waals surface area contributed by atoms with Crippen molar-refractivity contribution in [1.29, 1.82) is 0 Å². The summed E-state index contributed by atoms with van der Waals surface area (Å²) in [5.74, 6) is 0.747. The summed E-state index contributed by atoms with van der Waals surface area (Å²) in [5, 5.41) is 4.44. The fraction of sp³-hybridized carbons (Fsp3) is 0.390. The van der Waals surface area contributed by atoms with Gasteiger partial charge in [-0.2, -0.15) is 10.1 Å². The molecule has 1 aliphatic rings. The summed E-state index contributed by atoms with van der Waals surface area (Å²) >= 11 is 0. The van der Waals surface area contributed by atoms with Crippen LogP contribution in [0.1, 0.15) is 155 Å². The highest BCUT2D eigenvalue weighted by Gasteiger charge is 2.38. The van der Waals surface area contributed by atoms with Crippen LogP contribution in [-0.4, -0.2) is 21.2 Å². The molecule has 0 radical (unpaired) electrons. The van der Waals surface area contributed by atoms with Crippen molar-refractivity contribution in [2.24, 2.45) is 11.8 Å². The molecule has 0 bridgehead atoms. The van der Waals surface area contributed by atoms with Crippen molar-refractivity contribution >= 4 is 0 Å². The lowest BCUT2D eigenvalue weighted by molar-refractivity contribution is -0.272. The van der Waals surface area contributed by atoms with Gasteiger partial charge in [0.05, 0.1) is 12.1 Å². The van der Waals surface area contributed by atoms with Gasteiger partial charge in [-0.05, 0) is 146 Å². The minimum Gasteiger partial charge on any atom is -0.290 e. The molecule has 6 aromatic carbocycles. The van der Waals surface area contributed by atoms with E-state index in [0.29, 0.717) is 11.8 Å². The number of nitrogens with zero attached hydrogens (tertiary/aromatic N) is 2. The second-order valence-electron chi connectivity index (χ2n) is 21.1. The molecule has 4 unspecified atom stereocenters. The van der Waals surface area contributed by atoms with Crippen molar-refractivity contribution in [2.75, 3.05) is 0 Å². The topological polar surface area (TPSA) is 24.9 Å². The Balaban J connectivity index is 1.07. The molecule has 7 rings (SSSR count). The normalized spacial score (nSPS) is 15.7. The Morgan fingerprint density at radius 3 is 1.02 bits per heavy atom. The predicted molar refractivity (Wildman–Crippen MR) is 265 cm³/mol. The van der Waals surface area contributed by atoms with E-state index in [1.54, 1.807) is 0 Å². The van der Waals surface area contributed by atoms with E-state index in [1.165, 1.54) is 55.6 Å². The quantitative estimate of drug-likeness (QED) is 0.102. The van der Waals surface area contributed by atoms with Crippen molar-refractivity contribution in [3.8, 4) is 33.4 Å². The third-order valence-corrected chi connectivity index (χ3v) is 13.0. The number of fused-ring (bicyclic) bond motifs is 3. The average Bonchev–Trinajstić information content (AvgIpc) is 3.47. The number of hydrogen-bond donors (Lipinski definition) is 0. The molecule has 1 aliphatic carbocycles. The highest BCUT2D eigenvalue weighted by Crippen LogP contribution is 2.51. The maximum atomic E-state index is 6.89. The highest BCUT2D eigenvalue weighted by molar-refractivity contribution is 5.85. The van der Waals surface area contributed by atoms with E-state index in [2.05, 4.69) is 253 Å². The lowest BCUT2D eigenvalue weighted by atomic mass is 9.81. The van der Waals surface area contributed by atoms with Gasteiger partial charge in [0, 0.05) is 16.5 Å². The Hall–Kier alpha value is -4.84. The largest absolute Gasteiger partial charge is 0.290 e. The fourth-order valence-electron chi connectivity index (χ4n) is 9.62. The molecule has 0 fully saturated rings. The Morgan fingerprint density at radius 2 is 0.714 bits per heavy atom. The molecule has 0 saturated carbocycles. The van der Waals surface area contributed by atoms with Crippen LogP contribution in [0.15, 0.2) is 146 Å². The van der Waals surface area contributed by atoms with Gasteiger partial charge in [0.25, 0.3) is 0 Å². The van der Waals surface area contributed by atoms with Crippen LogP contribution in [0.2, 0.25) is 0 Å². The van der Waals surface area contributed by atoms with Gasteiger partial charge in [-0.15, -0.1) is 0 Å². The summed E-state index contributed by atoms with van der Waals surface area (Å²) in [7, 11) is 0. The highest BCUT2D eigenvalue weighted by atomic mass is 16.7. The Kier molecular flexibility index (Phi) is 13.4. The Bertz CT molecular complexity index is 2270. The smallest absolute Gasteiger partial charge is 0.102 e. The van der Waals surface area contributed by atoms with Crippen LogP contribution in [0, 0.1) is 11.8 Å². The third-order valence-electron chi connectivity index (χ3n) is 13.0. The first-order chi connectivity index (χ1) is 29.8. The molecular weight excluding hydrogens is 769 g/mol. The molecule has 4 nitrogen and oxygen atoms in total.